The zero-order valence-corrected chi connectivity index (χ0v) is 13.0. The Kier molecular flexibility index (Phi) is 3.09. The van der Waals surface area contributed by atoms with Gasteiger partial charge in [0.15, 0.2) is 0 Å². The van der Waals surface area contributed by atoms with Gasteiger partial charge in [-0.3, -0.25) is 14.4 Å². The van der Waals surface area contributed by atoms with E-state index in [1.54, 1.807) is 29.2 Å². The average Bonchev–Trinajstić information content (AvgIpc) is 2.59. The summed E-state index contributed by atoms with van der Waals surface area (Å²) in [6.07, 6.45) is 0. The number of amides is 1. The maximum absolute atomic E-state index is 13.0. The number of benzene rings is 2. The van der Waals surface area contributed by atoms with E-state index in [4.69, 9.17) is 0 Å². The molecule has 1 N–H and O–H groups in total. The van der Waals surface area contributed by atoms with Gasteiger partial charge in [-0.25, -0.2) is 0 Å². The summed E-state index contributed by atoms with van der Waals surface area (Å²) >= 11 is 0. The predicted molar refractivity (Wildman–Crippen MR) is 88.8 cm³/mol. The number of carbonyl (C=O) groups is 3. The largest absolute Gasteiger partial charge is 0.327 e. The van der Waals surface area contributed by atoms with Crippen LogP contribution in [0.15, 0.2) is 59.9 Å². The quantitative estimate of drug-likeness (QED) is 0.875. The molecule has 0 saturated carbocycles. The highest BCUT2D eigenvalue weighted by molar-refractivity contribution is 6.29. The van der Waals surface area contributed by atoms with Gasteiger partial charge in [0.1, 0.15) is 17.9 Å². The fourth-order valence-electron chi connectivity index (χ4n) is 3.08. The average molecular weight is 318 g/mol. The molecule has 0 atom stereocenters. The second-order valence-electron chi connectivity index (χ2n) is 5.90. The summed E-state index contributed by atoms with van der Waals surface area (Å²) in [5.41, 5.74) is 2.79. The summed E-state index contributed by atoms with van der Waals surface area (Å²) in [5, 5.41) is 2.58. The molecule has 5 nitrogen and oxygen atoms in total. The molecule has 1 heterocycles. The van der Waals surface area contributed by atoms with Gasteiger partial charge in [-0.2, -0.15) is 0 Å². The van der Waals surface area contributed by atoms with Crippen LogP contribution < -0.4 is 10.2 Å². The number of allylic oxidation sites excluding steroid dienone is 2. The third kappa shape index (κ3) is 2.06. The van der Waals surface area contributed by atoms with Crippen LogP contribution in [0.5, 0.6) is 0 Å². The number of anilines is 1. The lowest BCUT2D eigenvalue weighted by atomic mass is 9.88. The van der Waals surface area contributed by atoms with Crippen LogP contribution in [-0.4, -0.2) is 24.0 Å². The summed E-state index contributed by atoms with van der Waals surface area (Å²) in [7, 11) is 0. The number of nitrogens with one attached hydrogen (secondary N) is 1. The number of rotatable bonds is 1. The first kappa shape index (κ1) is 14.4. The highest BCUT2D eigenvalue weighted by Gasteiger charge is 2.39. The van der Waals surface area contributed by atoms with Gasteiger partial charge in [0.25, 0.3) is 0 Å². The Morgan fingerprint density at radius 3 is 2.17 bits per heavy atom. The summed E-state index contributed by atoms with van der Waals surface area (Å²) < 4.78 is 0. The maximum Gasteiger partial charge on any atom is 0.244 e. The van der Waals surface area contributed by atoms with Crippen molar-refractivity contribution in [3.8, 4) is 0 Å². The Morgan fingerprint density at radius 1 is 0.875 bits per heavy atom. The van der Waals surface area contributed by atoms with Crippen LogP contribution in [0.4, 0.5) is 5.69 Å². The molecule has 1 amide bonds. The molecule has 5 heteroatoms. The van der Waals surface area contributed by atoms with E-state index in [9.17, 15) is 14.4 Å². The van der Waals surface area contributed by atoms with Crippen molar-refractivity contribution in [2.45, 2.75) is 6.92 Å². The Hall–Kier alpha value is -3.21. The Labute approximate surface area is 138 Å². The minimum atomic E-state index is -0.328. The first-order chi connectivity index (χ1) is 11.6. The molecule has 4 rings (SSSR count). The van der Waals surface area contributed by atoms with E-state index in [1.165, 1.54) is 0 Å². The van der Waals surface area contributed by atoms with Crippen LogP contribution in [0.3, 0.4) is 0 Å². The lowest BCUT2D eigenvalue weighted by molar-refractivity contribution is -0.119. The first-order valence-electron chi connectivity index (χ1n) is 7.63. The number of carbonyl (C=O) groups excluding carboxylic acids is 3. The molecule has 0 fully saturated rings. The number of hydrogen-bond acceptors (Lipinski definition) is 4. The van der Waals surface area contributed by atoms with Gasteiger partial charge in [0.05, 0.1) is 0 Å². The molecule has 0 bridgehead atoms. The van der Waals surface area contributed by atoms with Crippen molar-refractivity contribution < 1.29 is 14.4 Å². The number of aryl methyl sites for hydroxylation is 1. The monoisotopic (exact) mass is 318 g/mol. The van der Waals surface area contributed by atoms with Crippen molar-refractivity contribution in [3.63, 3.8) is 0 Å². The van der Waals surface area contributed by atoms with Crippen molar-refractivity contribution in [1.82, 2.24) is 5.32 Å². The molecule has 0 saturated heterocycles. The van der Waals surface area contributed by atoms with Crippen molar-refractivity contribution in [1.29, 1.82) is 0 Å². The van der Waals surface area contributed by atoms with Crippen LogP contribution in [0, 0.1) is 6.92 Å². The fourth-order valence-corrected chi connectivity index (χ4v) is 3.08. The van der Waals surface area contributed by atoms with Crippen molar-refractivity contribution in [3.05, 3.63) is 76.6 Å². The highest BCUT2D eigenvalue weighted by Crippen LogP contribution is 2.32. The highest BCUT2D eigenvalue weighted by atomic mass is 16.2. The van der Waals surface area contributed by atoms with E-state index in [-0.39, 0.29) is 35.4 Å². The van der Waals surface area contributed by atoms with Crippen LogP contribution in [0.1, 0.15) is 26.3 Å². The van der Waals surface area contributed by atoms with Crippen LogP contribution in [-0.2, 0) is 4.79 Å². The topological polar surface area (TPSA) is 66.5 Å². The van der Waals surface area contributed by atoms with Gasteiger partial charge in [-0.15, -0.1) is 0 Å². The molecule has 2 aliphatic rings. The van der Waals surface area contributed by atoms with Gasteiger partial charge < -0.3 is 10.2 Å². The molecule has 118 valence electrons. The van der Waals surface area contributed by atoms with Gasteiger partial charge in [-0.1, -0.05) is 42.0 Å². The Morgan fingerprint density at radius 2 is 1.50 bits per heavy atom. The zero-order valence-electron chi connectivity index (χ0n) is 13.0. The molecule has 24 heavy (non-hydrogen) atoms. The smallest absolute Gasteiger partial charge is 0.244 e. The number of ketones is 2. The lowest BCUT2D eigenvalue weighted by Gasteiger charge is -2.34. The van der Waals surface area contributed by atoms with E-state index in [2.05, 4.69) is 5.32 Å². The minimum Gasteiger partial charge on any atom is -0.327 e. The molecular formula is C19H14N2O3. The normalized spacial score (nSPS) is 16.7. The molecule has 1 aliphatic carbocycles. The lowest BCUT2D eigenvalue weighted by Crippen LogP contribution is -2.49. The molecule has 0 unspecified atom stereocenters. The number of nitrogens with zero attached hydrogens (tertiary/aromatic N) is 1. The summed E-state index contributed by atoms with van der Waals surface area (Å²) in [6, 6.07) is 14.2. The van der Waals surface area contributed by atoms with Gasteiger partial charge in [0, 0.05) is 16.8 Å². The fraction of sp³-hybridized carbons (Fsp3) is 0.105. The van der Waals surface area contributed by atoms with E-state index in [1.807, 2.05) is 31.2 Å². The third-order valence-corrected chi connectivity index (χ3v) is 4.28. The maximum atomic E-state index is 13.0. The third-order valence-electron chi connectivity index (χ3n) is 4.28. The van der Waals surface area contributed by atoms with Crippen LogP contribution in [0.2, 0.25) is 0 Å². The molecule has 0 aromatic heterocycles. The summed E-state index contributed by atoms with van der Waals surface area (Å²) in [6.45, 7) is 1.96. The van der Waals surface area contributed by atoms with Crippen LogP contribution in [0.25, 0.3) is 0 Å². The van der Waals surface area contributed by atoms with Crippen molar-refractivity contribution in [2.75, 3.05) is 11.4 Å². The van der Waals surface area contributed by atoms with E-state index >= 15 is 0 Å². The Bertz CT molecular complexity index is 926. The van der Waals surface area contributed by atoms with Gasteiger partial charge in [-0.05, 0) is 19.1 Å². The minimum absolute atomic E-state index is 0.00306. The van der Waals surface area contributed by atoms with Crippen molar-refractivity contribution in [2.24, 2.45) is 0 Å². The second kappa shape index (κ2) is 5.16. The van der Waals surface area contributed by atoms with E-state index in [0.29, 0.717) is 16.8 Å². The van der Waals surface area contributed by atoms with Gasteiger partial charge in [0.2, 0.25) is 17.5 Å². The Balaban J connectivity index is 1.90. The predicted octanol–water partition coefficient (Wildman–Crippen LogP) is 2.22. The van der Waals surface area contributed by atoms with E-state index < -0.39 is 0 Å². The second-order valence-corrected chi connectivity index (χ2v) is 5.90. The standard InChI is InChI=1S/C19H14N2O3/c1-11-6-8-12(9-7-11)21-10-15(22)20-16-17(21)19(24)14-5-3-2-4-13(14)18(16)23/h2-9H,10H2,1H3,(H,20,22). The number of Topliss-reactive ketones (excluding diaryl/α,β-unsaturated/α-hetero) is 2. The molecule has 0 spiro atoms. The van der Waals surface area contributed by atoms with Crippen molar-refractivity contribution >= 4 is 23.2 Å². The molecular weight excluding hydrogens is 304 g/mol. The number of hydrogen-bond donors (Lipinski definition) is 1. The summed E-state index contributed by atoms with van der Waals surface area (Å²) in [5.74, 6) is -0.888. The van der Waals surface area contributed by atoms with Gasteiger partial charge >= 0.3 is 0 Å². The molecule has 2 aromatic rings. The van der Waals surface area contributed by atoms with Crippen LogP contribution >= 0.6 is 0 Å². The molecule has 2 aromatic carbocycles. The summed E-state index contributed by atoms with van der Waals surface area (Å²) in [4.78, 5) is 39.4. The molecule has 0 radical (unpaired) electrons. The molecule has 1 aliphatic heterocycles. The SMILES string of the molecule is Cc1ccc(N2CC(=O)NC3=C2C(=O)c2ccccc2C3=O)cc1. The first-order valence-corrected chi connectivity index (χ1v) is 7.63. The zero-order chi connectivity index (χ0) is 16.8. The van der Waals surface area contributed by atoms with E-state index in [0.717, 1.165) is 5.56 Å². The number of fused-ring (bicyclic) bond motifs is 1.